The average molecular weight is 527 g/mol. The molecule has 4 aromatic carbocycles. The summed E-state index contributed by atoms with van der Waals surface area (Å²) in [7, 11) is -3.56. The van der Waals surface area contributed by atoms with Crippen LogP contribution in [0.2, 0.25) is 26.2 Å². The van der Waals surface area contributed by atoms with Crippen molar-refractivity contribution < 1.29 is 0 Å². The Labute approximate surface area is 230 Å². The Kier molecular flexibility index (Phi) is 6.09. The van der Waals surface area contributed by atoms with Crippen LogP contribution >= 0.6 is 0 Å². The van der Waals surface area contributed by atoms with E-state index in [4.69, 9.17) is 0 Å². The van der Waals surface area contributed by atoms with Gasteiger partial charge in [0.15, 0.2) is 0 Å². The van der Waals surface area contributed by atoms with Crippen LogP contribution in [0.5, 0.6) is 0 Å². The van der Waals surface area contributed by atoms with E-state index < -0.39 is 15.2 Å². The van der Waals surface area contributed by atoms with E-state index in [0.29, 0.717) is 11.1 Å². The molecule has 38 heavy (non-hydrogen) atoms. The van der Waals surface area contributed by atoms with Crippen molar-refractivity contribution in [1.82, 2.24) is 0 Å². The highest BCUT2D eigenvalue weighted by molar-refractivity contribution is 7.42. The maximum atomic E-state index is 2.76. The van der Waals surface area contributed by atoms with Crippen molar-refractivity contribution in [2.24, 2.45) is 0 Å². The Bertz CT molecular complexity index is 1460. The quantitative estimate of drug-likeness (QED) is 0.227. The van der Waals surface area contributed by atoms with Crippen molar-refractivity contribution in [1.29, 1.82) is 0 Å². The van der Waals surface area contributed by atoms with Crippen molar-refractivity contribution >= 4 is 27.3 Å². The van der Waals surface area contributed by atoms with Crippen LogP contribution in [0.1, 0.15) is 47.2 Å². The molecule has 2 heteroatoms. The number of benzene rings is 4. The number of fused-ring (bicyclic) bond motifs is 2. The maximum Gasteiger partial charge on any atom is 0.0692 e. The Morgan fingerprint density at radius 1 is 0.474 bits per heavy atom. The Hall–Kier alpha value is -3.21. The second-order valence-electron chi connectivity index (χ2n) is 12.5. The number of hydrogen-bond donors (Lipinski definition) is 0. The van der Waals surface area contributed by atoms with Crippen LogP contribution in [0.4, 0.5) is 0 Å². The Morgan fingerprint density at radius 2 is 0.868 bits per heavy atom. The van der Waals surface area contributed by atoms with Gasteiger partial charge in [-0.15, -0.1) is 0 Å². The molecule has 0 N–H and O–H groups in total. The zero-order valence-corrected chi connectivity index (χ0v) is 25.5. The van der Waals surface area contributed by atoms with Crippen molar-refractivity contribution in [2.75, 3.05) is 0 Å². The molecule has 6 rings (SSSR count). The molecule has 0 saturated heterocycles. The van der Waals surface area contributed by atoms with Crippen LogP contribution in [-0.2, 0) is 0 Å². The predicted molar refractivity (Wildman–Crippen MR) is 172 cm³/mol. The monoisotopic (exact) mass is 526 g/mol. The van der Waals surface area contributed by atoms with Gasteiger partial charge >= 0.3 is 0 Å². The van der Waals surface area contributed by atoms with E-state index >= 15 is 0 Å². The molecule has 0 bridgehead atoms. The van der Waals surface area contributed by atoms with Crippen molar-refractivity contribution in [2.45, 2.75) is 51.1 Å². The summed E-state index contributed by atoms with van der Waals surface area (Å²) >= 11 is 0. The van der Waals surface area contributed by atoms with Crippen LogP contribution in [0.15, 0.2) is 108 Å². The number of hydrogen-bond acceptors (Lipinski definition) is 0. The molecule has 0 aliphatic heterocycles. The third-order valence-corrected chi connectivity index (χ3v) is 28.1. The highest BCUT2D eigenvalue weighted by Crippen LogP contribution is 2.56. The molecule has 2 atom stereocenters. The molecule has 2 unspecified atom stereocenters. The molecule has 0 fully saturated rings. The van der Waals surface area contributed by atoms with E-state index in [9.17, 15) is 0 Å². The van der Waals surface area contributed by atoms with Gasteiger partial charge in [-0.3, -0.25) is 0 Å². The topological polar surface area (TPSA) is 0 Å². The lowest BCUT2D eigenvalue weighted by molar-refractivity contribution is 0.986. The summed E-state index contributed by atoms with van der Waals surface area (Å²) in [5, 5.41) is 0. The first-order chi connectivity index (χ1) is 18.2. The zero-order chi connectivity index (χ0) is 26.7. The highest BCUT2D eigenvalue weighted by Gasteiger charge is 2.56. The van der Waals surface area contributed by atoms with Gasteiger partial charge in [0, 0.05) is 7.59 Å². The van der Waals surface area contributed by atoms with Crippen LogP contribution in [0.3, 0.4) is 0 Å². The van der Waals surface area contributed by atoms with Gasteiger partial charge in [-0.2, -0.15) is 0 Å². The summed E-state index contributed by atoms with van der Waals surface area (Å²) < 4.78 is 0. The van der Waals surface area contributed by atoms with Gasteiger partial charge in [0.25, 0.3) is 0 Å². The van der Waals surface area contributed by atoms with Crippen molar-refractivity contribution in [3.63, 3.8) is 0 Å². The van der Waals surface area contributed by atoms with Gasteiger partial charge in [0.05, 0.1) is 7.59 Å². The van der Waals surface area contributed by atoms with Gasteiger partial charge in [-0.05, 0) is 69.4 Å². The minimum Gasteiger partial charge on any atom is -0.0714 e. The van der Waals surface area contributed by atoms with Crippen LogP contribution in [-0.4, -0.2) is 15.2 Å². The van der Waals surface area contributed by atoms with E-state index in [1.165, 1.54) is 33.4 Å². The lowest BCUT2D eigenvalue weighted by Gasteiger charge is -2.50. The number of allylic oxidation sites excluding steroid dienone is 2. The molecule has 190 valence electrons. The largest absolute Gasteiger partial charge is 0.0714 e. The highest BCUT2D eigenvalue weighted by atomic mass is 29.3. The molecule has 4 aromatic rings. The van der Waals surface area contributed by atoms with E-state index in [1.807, 2.05) is 0 Å². The van der Waals surface area contributed by atoms with E-state index in [0.717, 1.165) is 0 Å². The van der Waals surface area contributed by atoms with Crippen molar-refractivity contribution in [3.05, 3.63) is 130 Å². The SMILES string of the molecule is CC1=Cc2c(-c3ccccc3)cccc2C1[Si](C)(C1C(C)=Cc2c(-c3ccccc3)cccc21)[Si](C)(C)C. The first kappa shape index (κ1) is 25.1. The smallest absolute Gasteiger partial charge is 0.0692 e. The van der Waals surface area contributed by atoms with E-state index in [1.54, 1.807) is 22.3 Å². The molecule has 0 radical (unpaired) electrons. The summed E-state index contributed by atoms with van der Waals surface area (Å²) in [5.41, 5.74) is 15.7. The first-order valence-corrected chi connectivity index (χ1v) is 21.1. The van der Waals surface area contributed by atoms with Gasteiger partial charge in [0.2, 0.25) is 0 Å². The molecule has 0 saturated carbocycles. The van der Waals surface area contributed by atoms with Gasteiger partial charge in [-0.25, -0.2) is 0 Å². The lowest BCUT2D eigenvalue weighted by Crippen LogP contribution is -2.63. The Balaban J connectivity index is 1.54. The minimum absolute atomic E-state index is 0.535. The van der Waals surface area contributed by atoms with Gasteiger partial charge in [-0.1, -0.05) is 147 Å². The summed E-state index contributed by atoms with van der Waals surface area (Å²) in [6.07, 6.45) is 5.06. The normalized spacial score (nSPS) is 19.8. The average Bonchev–Trinajstić information content (AvgIpc) is 3.44. The van der Waals surface area contributed by atoms with Gasteiger partial charge in [0.1, 0.15) is 0 Å². The summed E-state index contributed by atoms with van der Waals surface area (Å²) in [4.78, 5) is 0. The fraction of sp³-hybridized carbons (Fsp3) is 0.222. The molecule has 0 nitrogen and oxygen atoms in total. The molecular weight excluding hydrogens is 489 g/mol. The third kappa shape index (κ3) is 3.77. The summed E-state index contributed by atoms with van der Waals surface area (Å²) in [6.45, 7) is 15.5. The predicted octanol–water partition coefficient (Wildman–Crippen LogP) is 10.3. The summed E-state index contributed by atoms with van der Waals surface area (Å²) in [5.74, 6) is 0. The van der Waals surface area contributed by atoms with Crippen molar-refractivity contribution in [3.8, 4) is 22.3 Å². The lowest BCUT2D eigenvalue weighted by atomic mass is 9.97. The fourth-order valence-electron chi connectivity index (χ4n) is 7.47. The van der Waals surface area contributed by atoms with Crippen LogP contribution < -0.4 is 0 Å². The van der Waals surface area contributed by atoms with Gasteiger partial charge < -0.3 is 0 Å². The molecule has 0 heterocycles. The summed E-state index contributed by atoms with van der Waals surface area (Å²) in [6, 6.07) is 36.0. The van der Waals surface area contributed by atoms with Crippen LogP contribution in [0.25, 0.3) is 34.4 Å². The molecule has 0 spiro atoms. The molecule has 2 aliphatic rings. The third-order valence-electron chi connectivity index (χ3n) is 9.54. The molecule has 0 aromatic heterocycles. The van der Waals surface area contributed by atoms with E-state index in [2.05, 4.69) is 149 Å². The second-order valence-corrected chi connectivity index (χ2v) is 28.5. The standard InChI is InChI=1S/C36H38Si2/c1-25-23-33-29(27-15-9-7-10-16-27)19-13-21-31(33)35(25)38(6,37(3,4)5)36-26(2)24-34-30(20-14-22-32(34)36)28-17-11-8-12-18-28/h7-24,35-36H,1-6H3. The van der Waals surface area contributed by atoms with Crippen LogP contribution in [0, 0.1) is 0 Å². The van der Waals surface area contributed by atoms with E-state index in [-0.39, 0.29) is 0 Å². The maximum absolute atomic E-state index is 2.76. The molecule has 2 aliphatic carbocycles. The fourth-order valence-corrected chi connectivity index (χ4v) is 20.9. The zero-order valence-electron chi connectivity index (χ0n) is 23.5. The molecular formula is C36H38Si2. The minimum atomic E-state index is -1.96. The molecule has 0 amide bonds. The first-order valence-electron chi connectivity index (χ1n) is 13.9. The number of rotatable bonds is 5. The Morgan fingerprint density at radius 3 is 1.24 bits per heavy atom. The second kappa shape index (κ2) is 9.22.